The van der Waals surface area contributed by atoms with Crippen molar-refractivity contribution in [2.45, 2.75) is 25.7 Å². The lowest BCUT2D eigenvalue weighted by molar-refractivity contribution is -0.120. The predicted octanol–water partition coefficient (Wildman–Crippen LogP) is 2.15. The van der Waals surface area contributed by atoms with E-state index in [4.69, 9.17) is 0 Å². The van der Waals surface area contributed by atoms with Crippen LogP contribution in [0.15, 0.2) is 30.3 Å². The van der Waals surface area contributed by atoms with Crippen molar-refractivity contribution in [1.82, 2.24) is 5.32 Å². The van der Waals surface area contributed by atoms with Gasteiger partial charge in [0.1, 0.15) is 0 Å². The van der Waals surface area contributed by atoms with E-state index in [0.29, 0.717) is 12.3 Å². The quantitative estimate of drug-likeness (QED) is 0.784. The number of amides is 1. The van der Waals surface area contributed by atoms with E-state index >= 15 is 0 Å². The highest BCUT2D eigenvalue weighted by Crippen LogP contribution is 2.19. The highest BCUT2D eigenvalue weighted by Gasteiger charge is 2.15. The molecule has 1 aromatic rings. The van der Waals surface area contributed by atoms with Gasteiger partial charge in [0.2, 0.25) is 5.91 Å². The third kappa shape index (κ3) is 3.08. The van der Waals surface area contributed by atoms with Crippen LogP contribution in [0.3, 0.4) is 0 Å². The second kappa shape index (κ2) is 4.96. The summed E-state index contributed by atoms with van der Waals surface area (Å²) >= 11 is 0. The maximum Gasteiger partial charge on any atom is 0.220 e. The fraction of sp³-hybridized carbons (Fsp3) is 0.462. The molecule has 1 aliphatic heterocycles. The van der Waals surface area contributed by atoms with Crippen LogP contribution in [0.4, 0.5) is 0 Å². The molecule has 0 aromatic heterocycles. The zero-order valence-corrected chi connectivity index (χ0v) is 8.91. The van der Waals surface area contributed by atoms with Gasteiger partial charge in [0, 0.05) is 13.0 Å². The molecule has 2 heteroatoms. The minimum atomic E-state index is 0.213. The molecule has 0 saturated carbocycles. The molecule has 80 valence electrons. The van der Waals surface area contributed by atoms with E-state index in [1.807, 2.05) is 6.07 Å². The van der Waals surface area contributed by atoms with Crippen molar-refractivity contribution < 1.29 is 4.79 Å². The largest absolute Gasteiger partial charge is 0.356 e. The van der Waals surface area contributed by atoms with E-state index in [2.05, 4.69) is 29.6 Å². The Kier molecular flexibility index (Phi) is 3.38. The molecular weight excluding hydrogens is 186 g/mol. The Morgan fingerprint density at radius 3 is 2.80 bits per heavy atom. The van der Waals surface area contributed by atoms with Crippen molar-refractivity contribution in [3.05, 3.63) is 35.9 Å². The molecular formula is C13H17NO. The fourth-order valence-corrected chi connectivity index (χ4v) is 2.14. The molecule has 0 spiro atoms. The first-order valence-corrected chi connectivity index (χ1v) is 5.65. The third-order valence-corrected chi connectivity index (χ3v) is 3.02. The summed E-state index contributed by atoms with van der Waals surface area (Å²) in [7, 11) is 0. The standard InChI is InChI=1S/C13H17NO/c15-13-7-6-12(8-9-14-13)10-11-4-2-1-3-5-11/h1-5,12H,6-10H2,(H,14,15)/t12-/m1/s1. The molecule has 0 unspecified atom stereocenters. The number of benzene rings is 1. The lowest BCUT2D eigenvalue weighted by Gasteiger charge is -2.12. The molecule has 1 fully saturated rings. The Hall–Kier alpha value is -1.31. The summed E-state index contributed by atoms with van der Waals surface area (Å²) in [6.07, 6.45) is 3.94. The first kappa shape index (κ1) is 10.2. The van der Waals surface area contributed by atoms with Crippen LogP contribution in [0, 0.1) is 5.92 Å². The number of nitrogens with one attached hydrogen (secondary N) is 1. The van der Waals surface area contributed by atoms with Crippen LogP contribution in [-0.4, -0.2) is 12.5 Å². The van der Waals surface area contributed by atoms with Gasteiger partial charge in [-0.1, -0.05) is 30.3 Å². The molecule has 0 aliphatic carbocycles. The summed E-state index contributed by atoms with van der Waals surface area (Å²) in [4.78, 5) is 11.2. The zero-order chi connectivity index (χ0) is 10.5. The van der Waals surface area contributed by atoms with Crippen LogP contribution >= 0.6 is 0 Å². The Morgan fingerprint density at radius 2 is 2.00 bits per heavy atom. The summed E-state index contributed by atoms with van der Waals surface area (Å²) in [5.74, 6) is 0.872. The smallest absolute Gasteiger partial charge is 0.220 e. The van der Waals surface area contributed by atoms with Crippen molar-refractivity contribution in [3.8, 4) is 0 Å². The SMILES string of the molecule is O=C1CC[C@@H](Cc2ccccc2)CCN1. The average molecular weight is 203 g/mol. The first-order chi connectivity index (χ1) is 7.34. The molecule has 1 atom stereocenters. The van der Waals surface area contributed by atoms with Crippen LogP contribution in [0.5, 0.6) is 0 Å². The highest BCUT2D eigenvalue weighted by atomic mass is 16.1. The van der Waals surface area contributed by atoms with Crippen LogP contribution < -0.4 is 5.32 Å². The van der Waals surface area contributed by atoms with E-state index < -0.39 is 0 Å². The molecule has 1 aromatic carbocycles. The van der Waals surface area contributed by atoms with Crippen LogP contribution in [0.2, 0.25) is 0 Å². The maximum absolute atomic E-state index is 11.2. The zero-order valence-electron chi connectivity index (χ0n) is 8.91. The van der Waals surface area contributed by atoms with Crippen molar-refractivity contribution in [1.29, 1.82) is 0 Å². The number of hydrogen-bond donors (Lipinski definition) is 1. The lowest BCUT2D eigenvalue weighted by atomic mass is 9.93. The molecule has 2 nitrogen and oxygen atoms in total. The van der Waals surface area contributed by atoms with E-state index in [9.17, 15) is 4.79 Å². The predicted molar refractivity (Wildman–Crippen MR) is 60.5 cm³/mol. The van der Waals surface area contributed by atoms with Crippen molar-refractivity contribution in [2.24, 2.45) is 5.92 Å². The van der Waals surface area contributed by atoms with Gasteiger partial charge in [-0.15, -0.1) is 0 Å². The van der Waals surface area contributed by atoms with Crippen molar-refractivity contribution in [3.63, 3.8) is 0 Å². The van der Waals surface area contributed by atoms with Gasteiger partial charge in [-0.25, -0.2) is 0 Å². The van der Waals surface area contributed by atoms with Gasteiger partial charge in [-0.2, -0.15) is 0 Å². The van der Waals surface area contributed by atoms with Crippen molar-refractivity contribution in [2.75, 3.05) is 6.54 Å². The lowest BCUT2D eigenvalue weighted by Crippen LogP contribution is -2.21. The second-order valence-electron chi connectivity index (χ2n) is 4.23. The molecule has 1 saturated heterocycles. The molecule has 0 bridgehead atoms. The Balaban J connectivity index is 1.92. The molecule has 1 N–H and O–H groups in total. The van der Waals surface area contributed by atoms with Gasteiger partial charge in [0.25, 0.3) is 0 Å². The summed E-state index contributed by atoms with van der Waals surface area (Å²) in [6.45, 7) is 0.844. The number of hydrogen-bond acceptors (Lipinski definition) is 1. The van der Waals surface area contributed by atoms with E-state index in [1.54, 1.807) is 0 Å². The Bertz CT molecular complexity index is 321. The topological polar surface area (TPSA) is 29.1 Å². The number of carbonyl (C=O) groups excluding carboxylic acids is 1. The summed E-state index contributed by atoms with van der Waals surface area (Å²) in [5.41, 5.74) is 1.39. The monoisotopic (exact) mass is 203 g/mol. The third-order valence-electron chi connectivity index (χ3n) is 3.02. The van der Waals surface area contributed by atoms with Gasteiger partial charge in [0.05, 0.1) is 0 Å². The molecule has 1 heterocycles. The Morgan fingerprint density at radius 1 is 1.20 bits per heavy atom. The van der Waals surface area contributed by atoms with Gasteiger partial charge in [-0.05, 0) is 30.7 Å². The fourth-order valence-electron chi connectivity index (χ4n) is 2.14. The van der Waals surface area contributed by atoms with E-state index in [1.165, 1.54) is 5.56 Å². The van der Waals surface area contributed by atoms with Crippen LogP contribution in [-0.2, 0) is 11.2 Å². The van der Waals surface area contributed by atoms with Crippen LogP contribution in [0.25, 0.3) is 0 Å². The van der Waals surface area contributed by atoms with Crippen molar-refractivity contribution >= 4 is 5.91 Å². The molecule has 1 aliphatic rings. The van der Waals surface area contributed by atoms with Gasteiger partial charge >= 0.3 is 0 Å². The molecule has 0 radical (unpaired) electrons. The Labute approximate surface area is 90.7 Å². The average Bonchev–Trinajstić information content (AvgIpc) is 2.46. The van der Waals surface area contributed by atoms with E-state index in [-0.39, 0.29) is 5.91 Å². The van der Waals surface area contributed by atoms with Gasteiger partial charge < -0.3 is 5.32 Å². The molecule has 1 amide bonds. The van der Waals surface area contributed by atoms with Gasteiger partial charge in [0.15, 0.2) is 0 Å². The molecule has 2 rings (SSSR count). The number of carbonyl (C=O) groups is 1. The van der Waals surface area contributed by atoms with Gasteiger partial charge in [-0.3, -0.25) is 4.79 Å². The van der Waals surface area contributed by atoms with Crippen LogP contribution in [0.1, 0.15) is 24.8 Å². The normalized spacial score (nSPS) is 21.9. The second-order valence-corrected chi connectivity index (χ2v) is 4.23. The minimum absolute atomic E-state index is 0.213. The summed E-state index contributed by atoms with van der Waals surface area (Å²) in [5, 5.41) is 2.92. The maximum atomic E-state index is 11.2. The summed E-state index contributed by atoms with van der Waals surface area (Å²) in [6, 6.07) is 10.5. The highest BCUT2D eigenvalue weighted by molar-refractivity contribution is 5.76. The molecule has 15 heavy (non-hydrogen) atoms. The number of rotatable bonds is 2. The van der Waals surface area contributed by atoms with E-state index in [0.717, 1.165) is 25.8 Å². The summed E-state index contributed by atoms with van der Waals surface area (Å²) < 4.78 is 0. The first-order valence-electron chi connectivity index (χ1n) is 5.65. The minimum Gasteiger partial charge on any atom is -0.356 e.